The third kappa shape index (κ3) is 6.07. The van der Waals surface area contributed by atoms with Gasteiger partial charge >= 0.3 is 0 Å². The van der Waals surface area contributed by atoms with Crippen LogP contribution in [0.1, 0.15) is 73.7 Å². The predicted molar refractivity (Wildman–Crippen MR) is 139 cm³/mol. The fourth-order valence-corrected chi connectivity index (χ4v) is 5.43. The molecule has 2 aromatic carbocycles. The number of rotatable bonds is 8. The normalized spacial score (nSPS) is 22.5. The molecule has 2 aromatic rings. The lowest BCUT2D eigenvalue weighted by molar-refractivity contribution is -0.140. The van der Waals surface area contributed by atoms with Crippen molar-refractivity contribution in [2.24, 2.45) is 0 Å². The Morgan fingerprint density at radius 1 is 0.917 bits per heavy atom. The van der Waals surface area contributed by atoms with Crippen molar-refractivity contribution in [2.75, 3.05) is 13.7 Å². The zero-order chi connectivity index (χ0) is 25.5. The summed E-state index contributed by atoms with van der Waals surface area (Å²) in [4.78, 5) is 40.9. The Balaban J connectivity index is 1.27. The molecule has 2 atom stereocenters. The molecule has 1 aliphatic heterocycles. The maximum Gasteiger partial charge on any atom is 0.251 e. The number of hydrogen-bond acceptors (Lipinski definition) is 4. The zero-order valence-electron chi connectivity index (χ0n) is 21.2. The number of carbonyl (C=O) groups is 3. The molecule has 2 aliphatic rings. The standard InChI is InChI=1S/C29H37N3O4/c1-3-25(20-8-5-4-6-9-20)29(35)32-19-7-10-26(32)28(34)31-23-15-13-22(14-16-23)30-27(33)21-11-17-24(36-2)18-12-21/h4-6,8-9,11-12,17-18,22-23,25-26H,3,7,10,13-16,19H2,1-2H3,(H,30,33)(H,31,34)/t22?,23?,25?,26-/m0/s1. The molecule has 1 heterocycles. The van der Waals surface area contributed by atoms with Gasteiger partial charge in [0.2, 0.25) is 11.8 Å². The van der Waals surface area contributed by atoms with Crippen molar-refractivity contribution in [1.29, 1.82) is 0 Å². The van der Waals surface area contributed by atoms with E-state index in [-0.39, 0.29) is 35.7 Å². The summed E-state index contributed by atoms with van der Waals surface area (Å²) in [6.07, 6.45) is 5.50. The molecule has 1 saturated heterocycles. The molecule has 1 unspecified atom stereocenters. The van der Waals surface area contributed by atoms with Crippen LogP contribution >= 0.6 is 0 Å². The molecule has 2 N–H and O–H groups in total. The van der Waals surface area contributed by atoms with Gasteiger partial charge in [-0.1, -0.05) is 37.3 Å². The smallest absolute Gasteiger partial charge is 0.251 e. The van der Waals surface area contributed by atoms with Crippen LogP contribution in [0.2, 0.25) is 0 Å². The third-order valence-electron chi connectivity index (χ3n) is 7.51. The van der Waals surface area contributed by atoms with Crippen molar-refractivity contribution in [3.8, 4) is 5.75 Å². The Kier molecular flexibility index (Phi) is 8.62. The number of benzene rings is 2. The van der Waals surface area contributed by atoms with Crippen LogP contribution in [-0.2, 0) is 9.59 Å². The SMILES string of the molecule is CCC(C(=O)N1CCC[C@H]1C(=O)NC1CCC(NC(=O)c2ccc(OC)cc2)CC1)c1ccccc1. The summed E-state index contributed by atoms with van der Waals surface area (Å²) >= 11 is 0. The molecular weight excluding hydrogens is 454 g/mol. The molecule has 192 valence electrons. The lowest BCUT2D eigenvalue weighted by Crippen LogP contribution is -2.51. The van der Waals surface area contributed by atoms with E-state index in [4.69, 9.17) is 4.74 Å². The van der Waals surface area contributed by atoms with Crippen LogP contribution in [0.4, 0.5) is 0 Å². The number of likely N-dealkylation sites (tertiary alicyclic amines) is 1. The summed E-state index contributed by atoms with van der Waals surface area (Å²) in [6, 6.07) is 16.7. The molecule has 0 spiro atoms. The van der Waals surface area contributed by atoms with Gasteiger partial charge in [-0.15, -0.1) is 0 Å². The molecule has 7 nitrogen and oxygen atoms in total. The van der Waals surface area contributed by atoms with Gasteiger partial charge in [0.1, 0.15) is 11.8 Å². The van der Waals surface area contributed by atoms with E-state index in [1.54, 1.807) is 36.3 Å². The van der Waals surface area contributed by atoms with E-state index in [9.17, 15) is 14.4 Å². The lowest BCUT2D eigenvalue weighted by atomic mass is 9.90. The summed E-state index contributed by atoms with van der Waals surface area (Å²) in [5.41, 5.74) is 1.61. The van der Waals surface area contributed by atoms with Crippen LogP contribution in [0.25, 0.3) is 0 Å². The predicted octanol–water partition coefficient (Wildman–Crippen LogP) is 4.04. The van der Waals surface area contributed by atoms with Crippen LogP contribution in [0.15, 0.2) is 54.6 Å². The van der Waals surface area contributed by atoms with Gasteiger partial charge in [0.15, 0.2) is 0 Å². The fraction of sp³-hybridized carbons (Fsp3) is 0.483. The van der Waals surface area contributed by atoms with Gasteiger partial charge in [-0.25, -0.2) is 0 Å². The van der Waals surface area contributed by atoms with Crippen molar-refractivity contribution in [1.82, 2.24) is 15.5 Å². The summed E-state index contributed by atoms with van der Waals surface area (Å²) in [5.74, 6) is 0.412. The molecule has 4 rings (SSSR count). The molecular formula is C29H37N3O4. The van der Waals surface area contributed by atoms with Crippen molar-refractivity contribution in [3.05, 3.63) is 65.7 Å². The summed E-state index contributed by atoms with van der Waals surface area (Å²) in [6.45, 7) is 2.65. The summed E-state index contributed by atoms with van der Waals surface area (Å²) < 4.78 is 5.15. The number of carbonyl (C=O) groups excluding carboxylic acids is 3. The molecule has 1 saturated carbocycles. The van der Waals surface area contributed by atoms with Gasteiger partial charge in [0, 0.05) is 24.2 Å². The van der Waals surface area contributed by atoms with Gasteiger partial charge in [0.05, 0.1) is 13.0 Å². The third-order valence-corrected chi connectivity index (χ3v) is 7.51. The van der Waals surface area contributed by atoms with E-state index >= 15 is 0 Å². The number of hydrogen-bond donors (Lipinski definition) is 2. The average molecular weight is 492 g/mol. The topological polar surface area (TPSA) is 87.7 Å². The Morgan fingerprint density at radius 3 is 2.17 bits per heavy atom. The fourth-order valence-electron chi connectivity index (χ4n) is 5.43. The molecule has 3 amide bonds. The molecule has 7 heteroatoms. The van der Waals surface area contributed by atoms with E-state index in [0.717, 1.165) is 43.4 Å². The van der Waals surface area contributed by atoms with E-state index in [2.05, 4.69) is 10.6 Å². The van der Waals surface area contributed by atoms with Gasteiger partial charge in [-0.2, -0.15) is 0 Å². The molecule has 0 aromatic heterocycles. The number of amides is 3. The molecule has 1 aliphatic carbocycles. The second-order valence-corrected chi connectivity index (χ2v) is 9.82. The van der Waals surface area contributed by atoms with E-state index in [1.165, 1.54) is 0 Å². The molecule has 0 radical (unpaired) electrons. The minimum atomic E-state index is -0.400. The zero-order valence-corrected chi connectivity index (χ0v) is 21.2. The summed E-state index contributed by atoms with van der Waals surface area (Å²) in [7, 11) is 1.60. The first-order valence-corrected chi connectivity index (χ1v) is 13.1. The largest absolute Gasteiger partial charge is 0.497 e. The van der Waals surface area contributed by atoms with E-state index < -0.39 is 6.04 Å². The first kappa shape index (κ1) is 25.7. The minimum Gasteiger partial charge on any atom is -0.497 e. The monoisotopic (exact) mass is 491 g/mol. The number of ether oxygens (including phenoxy) is 1. The van der Waals surface area contributed by atoms with Crippen LogP contribution < -0.4 is 15.4 Å². The Morgan fingerprint density at radius 2 is 1.56 bits per heavy atom. The highest BCUT2D eigenvalue weighted by molar-refractivity contribution is 5.94. The Labute approximate surface area is 213 Å². The van der Waals surface area contributed by atoms with Crippen LogP contribution in [0.3, 0.4) is 0 Å². The van der Waals surface area contributed by atoms with Gasteiger partial charge < -0.3 is 20.3 Å². The van der Waals surface area contributed by atoms with Crippen LogP contribution in [0, 0.1) is 0 Å². The maximum atomic E-state index is 13.4. The molecule has 36 heavy (non-hydrogen) atoms. The highest BCUT2D eigenvalue weighted by atomic mass is 16.5. The second kappa shape index (κ2) is 12.1. The summed E-state index contributed by atoms with van der Waals surface area (Å²) in [5, 5.41) is 6.31. The maximum absolute atomic E-state index is 13.4. The van der Waals surface area contributed by atoms with Gasteiger partial charge in [0.25, 0.3) is 5.91 Å². The number of nitrogens with zero attached hydrogens (tertiary/aromatic N) is 1. The van der Waals surface area contributed by atoms with Crippen molar-refractivity contribution < 1.29 is 19.1 Å². The highest BCUT2D eigenvalue weighted by Gasteiger charge is 2.38. The minimum absolute atomic E-state index is 0.0468. The number of methoxy groups -OCH3 is 1. The first-order valence-electron chi connectivity index (χ1n) is 13.1. The lowest BCUT2D eigenvalue weighted by Gasteiger charge is -2.32. The average Bonchev–Trinajstić information content (AvgIpc) is 3.41. The van der Waals surface area contributed by atoms with Crippen molar-refractivity contribution in [2.45, 2.75) is 75.9 Å². The highest BCUT2D eigenvalue weighted by Crippen LogP contribution is 2.28. The van der Waals surface area contributed by atoms with E-state index in [1.807, 2.05) is 37.3 Å². The Bertz CT molecular complexity index is 1030. The van der Waals surface area contributed by atoms with Gasteiger partial charge in [-0.3, -0.25) is 14.4 Å². The van der Waals surface area contributed by atoms with Crippen LogP contribution in [-0.4, -0.2) is 54.4 Å². The first-order chi connectivity index (χ1) is 17.5. The van der Waals surface area contributed by atoms with Crippen molar-refractivity contribution in [3.63, 3.8) is 0 Å². The second-order valence-electron chi connectivity index (χ2n) is 9.82. The van der Waals surface area contributed by atoms with Crippen LogP contribution in [0.5, 0.6) is 5.75 Å². The molecule has 2 fully saturated rings. The van der Waals surface area contributed by atoms with Crippen molar-refractivity contribution >= 4 is 17.7 Å². The van der Waals surface area contributed by atoms with E-state index in [0.29, 0.717) is 24.9 Å². The number of nitrogens with one attached hydrogen (secondary N) is 2. The Hall–Kier alpha value is -3.35. The van der Waals surface area contributed by atoms with Gasteiger partial charge in [-0.05, 0) is 74.8 Å². The molecule has 0 bridgehead atoms. The quantitative estimate of drug-likeness (QED) is 0.584.